The van der Waals surface area contributed by atoms with E-state index in [4.69, 9.17) is 0 Å². The SMILES string of the molecule is O=c1[nH]c2ccccc2c(-c2ccccc2)c1Sc1nnnn1Cc1cccs1. The van der Waals surface area contributed by atoms with Crippen molar-refractivity contribution in [2.75, 3.05) is 0 Å². The second kappa shape index (κ2) is 7.65. The Labute approximate surface area is 174 Å². The van der Waals surface area contributed by atoms with E-state index < -0.39 is 0 Å². The molecule has 3 aromatic heterocycles. The molecule has 0 unspecified atom stereocenters. The minimum Gasteiger partial charge on any atom is -0.321 e. The van der Waals surface area contributed by atoms with E-state index in [9.17, 15) is 4.79 Å². The number of thiophene rings is 1. The zero-order valence-electron chi connectivity index (χ0n) is 15.1. The summed E-state index contributed by atoms with van der Waals surface area (Å²) in [6.07, 6.45) is 0. The van der Waals surface area contributed by atoms with E-state index in [0.29, 0.717) is 16.6 Å². The lowest BCUT2D eigenvalue weighted by molar-refractivity contribution is 0.608. The summed E-state index contributed by atoms with van der Waals surface area (Å²) in [7, 11) is 0. The van der Waals surface area contributed by atoms with Crippen LogP contribution in [0, 0.1) is 0 Å². The maximum absolute atomic E-state index is 13.0. The number of para-hydroxylation sites is 1. The molecule has 0 amide bonds. The van der Waals surface area contributed by atoms with Crippen molar-refractivity contribution in [1.82, 2.24) is 25.2 Å². The third kappa shape index (κ3) is 3.48. The van der Waals surface area contributed by atoms with Gasteiger partial charge in [0.1, 0.15) is 0 Å². The lowest BCUT2D eigenvalue weighted by Gasteiger charge is -2.12. The molecule has 0 aliphatic carbocycles. The first kappa shape index (κ1) is 17.8. The molecule has 142 valence electrons. The highest BCUT2D eigenvalue weighted by Crippen LogP contribution is 2.36. The van der Waals surface area contributed by atoms with E-state index in [1.54, 1.807) is 16.0 Å². The van der Waals surface area contributed by atoms with Crippen LogP contribution < -0.4 is 5.56 Å². The van der Waals surface area contributed by atoms with Crippen LogP contribution in [0.1, 0.15) is 4.88 Å². The first-order valence-electron chi connectivity index (χ1n) is 8.96. The summed E-state index contributed by atoms with van der Waals surface area (Å²) >= 11 is 2.94. The van der Waals surface area contributed by atoms with Crippen LogP contribution in [0.15, 0.2) is 87.0 Å². The summed E-state index contributed by atoms with van der Waals surface area (Å²) in [5, 5.41) is 15.7. The molecule has 0 bridgehead atoms. The standard InChI is InChI=1S/C21H15N5OS2/c27-20-19(29-21-23-24-25-26(21)13-15-9-6-12-28-15)18(14-7-2-1-3-8-14)16-10-4-5-11-17(16)22-20/h1-12H,13H2,(H,22,27). The van der Waals surface area contributed by atoms with Crippen LogP contribution in [0.2, 0.25) is 0 Å². The quantitative estimate of drug-likeness (QED) is 0.457. The Morgan fingerprint density at radius 3 is 2.66 bits per heavy atom. The number of benzene rings is 2. The largest absolute Gasteiger partial charge is 0.321 e. The van der Waals surface area contributed by atoms with Crippen molar-refractivity contribution >= 4 is 34.0 Å². The Morgan fingerprint density at radius 1 is 1.00 bits per heavy atom. The highest BCUT2D eigenvalue weighted by molar-refractivity contribution is 7.99. The summed E-state index contributed by atoms with van der Waals surface area (Å²) in [4.78, 5) is 17.8. The third-order valence-electron chi connectivity index (χ3n) is 4.52. The molecule has 3 heterocycles. The third-order valence-corrected chi connectivity index (χ3v) is 6.45. The number of nitrogens with one attached hydrogen (secondary N) is 1. The Kier molecular flexibility index (Phi) is 4.71. The number of aromatic amines is 1. The maximum Gasteiger partial charge on any atom is 0.263 e. The van der Waals surface area contributed by atoms with Crippen LogP contribution in [0.5, 0.6) is 0 Å². The number of nitrogens with zero attached hydrogens (tertiary/aromatic N) is 4. The van der Waals surface area contributed by atoms with Crippen molar-refractivity contribution in [2.45, 2.75) is 16.6 Å². The fraction of sp³-hybridized carbons (Fsp3) is 0.0476. The lowest BCUT2D eigenvalue weighted by atomic mass is 10.0. The molecule has 5 rings (SSSR count). The van der Waals surface area contributed by atoms with Crippen molar-refractivity contribution in [2.24, 2.45) is 0 Å². The maximum atomic E-state index is 13.0. The zero-order valence-corrected chi connectivity index (χ0v) is 16.8. The summed E-state index contributed by atoms with van der Waals surface area (Å²) in [6, 6.07) is 21.8. The summed E-state index contributed by atoms with van der Waals surface area (Å²) in [6.45, 7) is 0.569. The molecule has 0 aliphatic rings. The van der Waals surface area contributed by atoms with Gasteiger partial charge in [-0.1, -0.05) is 54.6 Å². The Hall–Kier alpha value is -3.23. The Morgan fingerprint density at radius 2 is 1.83 bits per heavy atom. The molecule has 1 N–H and O–H groups in total. The average Bonchev–Trinajstić information content (AvgIpc) is 3.42. The smallest absolute Gasteiger partial charge is 0.263 e. The molecule has 0 atom stereocenters. The topological polar surface area (TPSA) is 76.5 Å². The molecule has 0 fully saturated rings. The fourth-order valence-corrected chi connectivity index (χ4v) is 4.85. The number of pyridine rings is 1. The molecule has 0 radical (unpaired) electrons. The summed E-state index contributed by atoms with van der Waals surface area (Å²) in [5.41, 5.74) is 2.52. The zero-order chi connectivity index (χ0) is 19.6. The second-order valence-corrected chi connectivity index (χ2v) is 8.38. The first-order chi connectivity index (χ1) is 14.3. The molecule has 0 saturated heterocycles. The van der Waals surface area contributed by atoms with Crippen molar-refractivity contribution in [3.63, 3.8) is 0 Å². The molecule has 6 nitrogen and oxygen atoms in total. The predicted octanol–water partition coefficient (Wildman–Crippen LogP) is 4.44. The minimum absolute atomic E-state index is 0.154. The molecule has 5 aromatic rings. The van der Waals surface area contributed by atoms with Gasteiger partial charge < -0.3 is 4.98 Å². The normalized spacial score (nSPS) is 11.2. The summed E-state index contributed by atoms with van der Waals surface area (Å²) < 4.78 is 1.72. The fourth-order valence-electron chi connectivity index (χ4n) is 3.22. The molecule has 8 heteroatoms. The first-order valence-corrected chi connectivity index (χ1v) is 10.7. The predicted molar refractivity (Wildman–Crippen MR) is 115 cm³/mol. The number of hydrogen-bond donors (Lipinski definition) is 1. The number of hydrogen-bond acceptors (Lipinski definition) is 6. The number of tetrazole rings is 1. The van der Waals surface area contributed by atoms with Crippen LogP contribution in [-0.4, -0.2) is 25.2 Å². The van der Waals surface area contributed by atoms with Crippen LogP contribution in [0.25, 0.3) is 22.0 Å². The van der Waals surface area contributed by atoms with Crippen LogP contribution in [0.4, 0.5) is 0 Å². The number of H-pyrrole nitrogens is 1. The lowest BCUT2D eigenvalue weighted by Crippen LogP contribution is -2.11. The van der Waals surface area contributed by atoms with Gasteiger partial charge >= 0.3 is 0 Å². The van der Waals surface area contributed by atoms with Gasteiger partial charge in [-0.25, -0.2) is 4.68 Å². The number of fused-ring (bicyclic) bond motifs is 1. The highest BCUT2D eigenvalue weighted by Gasteiger charge is 2.19. The van der Waals surface area contributed by atoms with Gasteiger partial charge in [0.25, 0.3) is 5.56 Å². The number of aromatic nitrogens is 5. The Bertz CT molecular complexity index is 1330. The van der Waals surface area contributed by atoms with Gasteiger partial charge in [-0.15, -0.1) is 16.4 Å². The van der Waals surface area contributed by atoms with E-state index >= 15 is 0 Å². The summed E-state index contributed by atoms with van der Waals surface area (Å²) in [5.74, 6) is 0. The van der Waals surface area contributed by atoms with Gasteiger partial charge in [-0.2, -0.15) is 0 Å². The molecule has 0 spiro atoms. The van der Waals surface area contributed by atoms with Crippen molar-refractivity contribution < 1.29 is 0 Å². The van der Waals surface area contributed by atoms with Crippen LogP contribution in [-0.2, 0) is 6.54 Å². The van der Waals surface area contributed by atoms with E-state index in [1.807, 2.05) is 72.1 Å². The van der Waals surface area contributed by atoms with E-state index in [1.165, 1.54) is 11.8 Å². The molecular formula is C21H15N5OS2. The Balaban J connectivity index is 1.66. The van der Waals surface area contributed by atoms with Crippen LogP contribution >= 0.6 is 23.1 Å². The van der Waals surface area contributed by atoms with E-state index in [0.717, 1.165) is 26.9 Å². The van der Waals surface area contributed by atoms with Gasteiger partial charge in [-0.3, -0.25) is 4.79 Å². The molecule has 0 saturated carbocycles. The van der Waals surface area contributed by atoms with Crippen molar-refractivity contribution in [3.05, 3.63) is 87.3 Å². The van der Waals surface area contributed by atoms with Gasteiger partial charge in [-0.05, 0) is 45.3 Å². The van der Waals surface area contributed by atoms with Crippen molar-refractivity contribution in [1.29, 1.82) is 0 Å². The van der Waals surface area contributed by atoms with Gasteiger partial charge in [0.15, 0.2) is 0 Å². The molecular weight excluding hydrogens is 402 g/mol. The minimum atomic E-state index is -0.154. The molecule has 0 aliphatic heterocycles. The van der Waals surface area contributed by atoms with Gasteiger partial charge in [0.2, 0.25) is 5.16 Å². The molecule has 2 aromatic carbocycles. The number of rotatable bonds is 5. The van der Waals surface area contributed by atoms with Crippen molar-refractivity contribution in [3.8, 4) is 11.1 Å². The highest BCUT2D eigenvalue weighted by atomic mass is 32.2. The van der Waals surface area contributed by atoms with Gasteiger partial charge in [0.05, 0.1) is 11.4 Å². The monoisotopic (exact) mass is 417 g/mol. The van der Waals surface area contributed by atoms with Crippen LogP contribution in [0.3, 0.4) is 0 Å². The van der Waals surface area contributed by atoms with Gasteiger partial charge in [0, 0.05) is 21.3 Å². The second-order valence-electron chi connectivity index (χ2n) is 6.37. The average molecular weight is 418 g/mol. The molecule has 29 heavy (non-hydrogen) atoms. The van der Waals surface area contributed by atoms with E-state index in [2.05, 4.69) is 20.5 Å². The van der Waals surface area contributed by atoms with E-state index in [-0.39, 0.29) is 5.56 Å².